The van der Waals surface area contributed by atoms with E-state index in [1.807, 2.05) is 19.1 Å². The van der Waals surface area contributed by atoms with E-state index in [0.717, 1.165) is 54.7 Å². The molecule has 0 aromatic heterocycles. The lowest BCUT2D eigenvalue weighted by atomic mass is 10.1. The maximum absolute atomic E-state index is 6.07. The summed E-state index contributed by atoms with van der Waals surface area (Å²) in [4.78, 5) is 4.92. The van der Waals surface area contributed by atoms with E-state index >= 15 is 0 Å². The van der Waals surface area contributed by atoms with Gasteiger partial charge in [0.05, 0.1) is 19.4 Å². The van der Waals surface area contributed by atoms with Crippen molar-refractivity contribution >= 4 is 52.6 Å². The normalized spacial score (nSPS) is 10.8. The van der Waals surface area contributed by atoms with E-state index < -0.39 is 0 Å². The molecule has 0 amide bonds. The topological polar surface area (TPSA) is 49.3 Å². The van der Waals surface area contributed by atoms with Crippen LogP contribution in [0.2, 0.25) is 0 Å². The van der Waals surface area contributed by atoms with E-state index in [1.165, 1.54) is 6.08 Å². The Bertz CT molecular complexity index is 746. The van der Waals surface area contributed by atoms with E-state index in [0.29, 0.717) is 26.4 Å². The number of rotatable bonds is 17. The Morgan fingerprint density at radius 2 is 1.56 bits per heavy atom. The van der Waals surface area contributed by atoms with Crippen LogP contribution in [0, 0.1) is 6.92 Å². The summed E-state index contributed by atoms with van der Waals surface area (Å²) in [5.41, 5.74) is 2.18. The lowest BCUT2D eigenvalue weighted by Crippen LogP contribution is -2.04. The Morgan fingerprint density at radius 3 is 2.25 bits per heavy atom. The van der Waals surface area contributed by atoms with Crippen molar-refractivity contribution in [2.24, 2.45) is 5.16 Å². The molecule has 0 aliphatic heterocycles. The van der Waals surface area contributed by atoms with E-state index in [1.54, 1.807) is 12.3 Å². The molecule has 0 aliphatic rings. The van der Waals surface area contributed by atoms with Gasteiger partial charge in [-0.05, 0) is 68.0 Å². The molecule has 5 nitrogen and oxygen atoms in total. The Morgan fingerprint density at radius 1 is 0.875 bits per heavy atom. The monoisotopic (exact) mass is 525 g/mol. The number of hydrogen-bond donors (Lipinski definition) is 0. The molecule has 0 saturated carbocycles. The zero-order chi connectivity index (χ0) is 23.6. The molecule has 0 radical (unpaired) electrons. The summed E-state index contributed by atoms with van der Waals surface area (Å²) >= 11 is 22.1. The summed E-state index contributed by atoms with van der Waals surface area (Å²) in [6.45, 7) is 6.48. The highest BCUT2D eigenvalue weighted by Gasteiger charge is 2.09. The molecular formula is C23H31Cl4NO4. The maximum Gasteiger partial charge on any atom is 0.138 e. The molecule has 180 valence electrons. The SMILES string of the molecule is CCc1cc(OCC=C(Cl)Cl)cc(C)c1OCCCCCCOCC=NOCC=C(Cl)Cl. The maximum atomic E-state index is 6.07. The summed E-state index contributed by atoms with van der Waals surface area (Å²) in [6.07, 6.45) is 9.70. The minimum absolute atomic E-state index is 0.160. The molecule has 1 aromatic carbocycles. The minimum Gasteiger partial charge on any atom is -0.493 e. The van der Waals surface area contributed by atoms with Crippen molar-refractivity contribution in [2.75, 3.05) is 33.0 Å². The van der Waals surface area contributed by atoms with Gasteiger partial charge in [-0.25, -0.2) is 0 Å². The quantitative estimate of drug-likeness (QED) is 0.119. The second-order valence-electron chi connectivity index (χ2n) is 6.80. The average molecular weight is 527 g/mol. The van der Waals surface area contributed by atoms with Crippen molar-refractivity contribution in [2.45, 2.75) is 46.0 Å². The zero-order valence-electron chi connectivity index (χ0n) is 18.5. The Hall–Kier alpha value is -1.11. The second kappa shape index (κ2) is 18.3. The number of benzene rings is 1. The number of nitrogens with zero attached hydrogens (tertiary/aromatic N) is 1. The van der Waals surface area contributed by atoms with Crippen LogP contribution in [0.4, 0.5) is 0 Å². The van der Waals surface area contributed by atoms with E-state index in [9.17, 15) is 0 Å². The number of ether oxygens (including phenoxy) is 3. The number of oxime groups is 1. The molecular weight excluding hydrogens is 496 g/mol. The fourth-order valence-electron chi connectivity index (χ4n) is 2.76. The van der Waals surface area contributed by atoms with E-state index in [-0.39, 0.29) is 15.6 Å². The fourth-order valence-corrected chi connectivity index (χ4v) is 3.01. The first-order chi connectivity index (χ1) is 15.4. The van der Waals surface area contributed by atoms with Crippen molar-refractivity contribution in [3.8, 4) is 11.5 Å². The minimum atomic E-state index is 0.160. The Labute approximate surface area is 211 Å². The van der Waals surface area contributed by atoms with Crippen LogP contribution in [0.25, 0.3) is 0 Å². The largest absolute Gasteiger partial charge is 0.493 e. The summed E-state index contributed by atoms with van der Waals surface area (Å²) in [5.74, 6) is 1.73. The van der Waals surface area contributed by atoms with Gasteiger partial charge in [-0.1, -0.05) is 64.9 Å². The number of unbranched alkanes of at least 4 members (excludes halogenated alkanes) is 3. The first-order valence-electron chi connectivity index (χ1n) is 10.6. The van der Waals surface area contributed by atoms with Gasteiger partial charge >= 0.3 is 0 Å². The second-order valence-corrected chi connectivity index (χ2v) is 8.82. The third-order valence-electron chi connectivity index (χ3n) is 4.28. The van der Waals surface area contributed by atoms with E-state index in [2.05, 4.69) is 12.1 Å². The molecule has 0 atom stereocenters. The highest BCUT2D eigenvalue weighted by molar-refractivity contribution is 6.56. The van der Waals surface area contributed by atoms with Crippen molar-refractivity contribution in [1.29, 1.82) is 0 Å². The molecule has 0 N–H and O–H groups in total. The van der Waals surface area contributed by atoms with Crippen molar-refractivity contribution in [3.63, 3.8) is 0 Å². The van der Waals surface area contributed by atoms with Crippen molar-refractivity contribution < 1.29 is 19.0 Å². The number of hydrogen-bond acceptors (Lipinski definition) is 5. The summed E-state index contributed by atoms with van der Waals surface area (Å²) in [6, 6.07) is 3.98. The van der Waals surface area contributed by atoms with Gasteiger partial charge in [-0.3, -0.25) is 0 Å². The van der Waals surface area contributed by atoms with Crippen LogP contribution < -0.4 is 9.47 Å². The molecule has 0 heterocycles. The number of halogens is 4. The Kier molecular flexibility index (Phi) is 16.6. The van der Waals surface area contributed by atoms with Gasteiger partial charge in [0.15, 0.2) is 0 Å². The van der Waals surface area contributed by atoms with Crippen LogP contribution >= 0.6 is 46.4 Å². The molecule has 0 spiro atoms. The van der Waals surface area contributed by atoms with Crippen LogP contribution in [0.15, 0.2) is 38.4 Å². The highest BCUT2D eigenvalue weighted by atomic mass is 35.5. The smallest absolute Gasteiger partial charge is 0.138 e. The average Bonchev–Trinajstić information content (AvgIpc) is 2.74. The predicted molar refractivity (Wildman–Crippen MR) is 135 cm³/mol. The van der Waals surface area contributed by atoms with Crippen molar-refractivity contribution in [3.05, 3.63) is 44.4 Å². The van der Waals surface area contributed by atoms with Crippen molar-refractivity contribution in [1.82, 2.24) is 0 Å². The summed E-state index contributed by atoms with van der Waals surface area (Å²) in [7, 11) is 0. The molecule has 1 aromatic rings. The zero-order valence-corrected chi connectivity index (χ0v) is 21.6. The standard InChI is InChI=1S/C23H31Cl4NO4/c1-3-19-17-20(30-13-8-21(24)25)16-18(2)23(19)31-12-7-5-4-6-11-29-15-10-28-32-14-9-22(26)27/h8-10,16-17H,3-7,11-15H2,1-2H3. The van der Waals surface area contributed by atoms with E-state index in [4.69, 9.17) is 65.5 Å². The van der Waals surface area contributed by atoms with Crippen LogP contribution in [-0.2, 0) is 16.0 Å². The van der Waals surface area contributed by atoms with Gasteiger partial charge in [-0.2, -0.15) is 0 Å². The number of aryl methyl sites for hydroxylation is 2. The van der Waals surface area contributed by atoms with Gasteiger partial charge in [0.2, 0.25) is 0 Å². The van der Waals surface area contributed by atoms with Gasteiger partial charge < -0.3 is 19.0 Å². The molecule has 0 fully saturated rings. The molecule has 9 heteroatoms. The first kappa shape index (κ1) is 28.9. The van der Waals surface area contributed by atoms with Crippen LogP contribution in [0.3, 0.4) is 0 Å². The molecule has 32 heavy (non-hydrogen) atoms. The Balaban J connectivity index is 2.19. The highest BCUT2D eigenvalue weighted by Crippen LogP contribution is 2.30. The lowest BCUT2D eigenvalue weighted by molar-refractivity contribution is 0.153. The van der Waals surface area contributed by atoms with Gasteiger partial charge in [-0.15, -0.1) is 0 Å². The molecule has 0 bridgehead atoms. The van der Waals surface area contributed by atoms with Gasteiger partial charge in [0.25, 0.3) is 0 Å². The lowest BCUT2D eigenvalue weighted by Gasteiger charge is -2.15. The van der Waals surface area contributed by atoms with Crippen LogP contribution in [-0.4, -0.2) is 39.2 Å². The fraction of sp³-hybridized carbons (Fsp3) is 0.522. The van der Waals surface area contributed by atoms with Crippen LogP contribution in [0.1, 0.15) is 43.7 Å². The molecule has 0 unspecified atom stereocenters. The molecule has 0 aliphatic carbocycles. The predicted octanol–water partition coefficient (Wildman–Crippen LogP) is 7.53. The first-order valence-corrected chi connectivity index (χ1v) is 12.1. The molecule has 0 saturated heterocycles. The molecule has 1 rings (SSSR count). The third-order valence-corrected chi connectivity index (χ3v) is 4.89. The van der Waals surface area contributed by atoms with Gasteiger partial charge in [0.1, 0.15) is 33.7 Å². The van der Waals surface area contributed by atoms with Crippen LogP contribution in [0.5, 0.6) is 11.5 Å². The summed E-state index contributed by atoms with van der Waals surface area (Å²) < 4.78 is 17.6. The summed E-state index contributed by atoms with van der Waals surface area (Å²) in [5, 5.41) is 3.73. The third kappa shape index (κ3) is 14.1. The van der Waals surface area contributed by atoms with Gasteiger partial charge in [0, 0.05) is 6.61 Å².